The van der Waals surface area contributed by atoms with Crippen LogP contribution in [-0.4, -0.2) is 18.5 Å². The maximum absolute atomic E-state index is 11.3. The minimum absolute atomic E-state index is 0.258. The molecule has 1 amide bonds. The van der Waals surface area contributed by atoms with Crippen LogP contribution in [0.15, 0.2) is 24.3 Å². The first-order valence-electron chi connectivity index (χ1n) is 4.78. The minimum atomic E-state index is -0.576. The van der Waals surface area contributed by atoms with E-state index < -0.39 is 6.09 Å². The number of carbonyl (C=O) groups is 1. The fraction of sp³-hybridized carbons (Fsp3) is 0.273. The van der Waals surface area contributed by atoms with E-state index in [1.165, 1.54) is 0 Å². The zero-order chi connectivity index (χ0) is 11.8. The quantitative estimate of drug-likeness (QED) is 0.647. The first-order valence-corrected chi connectivity index (χ1v) is 5.32. The molecule has 0 radical (unpaired) electrons. The molecular weight excluding hydrogens is 228 g/mol. The summed E-state index contributed by atoms with van der Waals surface area (Å²) in [4.78, 5) is 11.3. The number of nitriles is 1. The van der Waals surface area contributed by atoms with Gasteiger partial charge in [0.25, 0.3) is 0 Å². The molecule has 1 rings (SSSR count). The van der Waals surface area contributed by atoms with Gasteiger partial charge < -0.3 is 10.1 Å². The van der Waals surface area contributed by atoms with E-state index in [1.54, 1.807) is 24.3 Å². The number of benzene rings is 1. The predicted octanol–water partition coefficient (Wildman–Crippen LogP) is 2.28. The van der Waals surface area contributed by atoms with Crippen molar-refractivity contribution in [3.05, 3.63) is 29.8 Å². The number of carbonyl (C=O) groups excluding carboxylic acids is 1. The second-order valence-corrected chi connectivity index (χ2v) is 3.34. The fourth-order valence-corrected chi connectivity index (χ4v) is 1.17. The van der Waals surface area contributed by atoms with Gasteiger partial charge in [-0.3, -0.25) is 0 Å². The zero-order valence-corrected chi connectivity index (χ0v) is 9.33. The van der Waals surface area contributed by atoms with E-state index in [0.29, 0.717) is 24.4 Å². The number of halogens is 1. The highest BCUT2D eigenvalue weighted by atomic mass is 35.5. The van der Waals surface area contributed by atoms with Crippen LogP contribution in [0.5, 0.6) is 5.75 Å². The molecule has 0 spiro atoms. The first-order chi connectivity index (χ1) is 7.77. The van der Waals surface area contributed by atoms with Crippen LogP contribution in [0.25, 0.3) is 0 Å². The molecule has 1 N–H and O–H groups in total. The molecular formula is C11H11ClN2O2. The summed E-state index contributed by atoms with van der Waals surface area (Å²) >= 11 is 5.46. The average Bonchev–Trinajstić information content (AvgIpc) is 2.30. The highest BCUT2D eigenvalue weighted by Crippen LogP contribution is 2.16. The molecule has 0 saturated carbocycles. The lowest BCUT2D eigenvalue weighted by Gasteiger charge is -2.06. The lowest BCUT2D eigenvalue weighted by molar-refractivity contribution is 0.200. The van der Waals surface area contributed by atoms with Crippen LogP contribution in [0.4, 0.5) is 4.79 Å². The van der Waals surface area contributed by atoms with Gasteiger partial charge in [0.05, 0.1) is 5.56 Å². The number of hydrogen-bond donors (Lipinski definition) is 1. The Bertz CT molecular complexity index is 401. The number of hydrogen-bond acceptors (Lipinski definition) is 3. The number of rotatable bonds is 4. The standard InChI is InChI=1S/C11H11ClN2O2/c12-6-3-7-14-11(15)16-10-5-2-1-4-9(10)8-13/h1-2,4-5H,3,6-7H2,(H,14,15). The van der Waals surface area contributed by atoms with Crippen molar-refractivity contribution >= 4 is 17.7 Å². The second kappa shape index (κ2) is 6.70. The maximum atomic E-state index is 11.3. The lowest BCUT2D eigenvalue weighted by atomic mass is 10.2. The van der Waals surface area contributed by atoms with Crippen molar-refractivity contribution in [1.82, 2.24) is 5.32 Å². The van der Waals surface area contributed by atoms with Gasteiger partial charge >= 0.3 is 6.09 Å². The lowest BCUT2D eigenvalue weighted by Crippen LogP contribution is -2.28. The molecule has 0 fully saturated rings. The summed E-state index contributed by atoms with van der Waals surface area (Å²) in [6.45, 7) is 0.455. The molecule has 0 saturated heterocycles. The van der Waals surface area contributed by atoms with Crippen LogP contribution in [0.3, 0.4) is 0 Å². The minimum Gasteiger partial charge on any atom is -0.409 e. The van der Waals surface area contributed by atoms with Gasteiger partial charge in [0.1, 0.15) is 6.07 Å². The van der Waals surface area contributed by atoms with E-state index in [2.05, 4.69) is 5.32 Å². The third-order valence-corrected chi connectivity index (χ3v) is 2.06. The maximum Gasteiger partial charge on any atom is 0.412 e. The highest BCUT2D eigenvalue weighted by Gasteiger charge is 2.07. The van der Waals surface area contributed by atoms with Crippen molar-refractivity contribution in [2.24, 2.45) is 0 Å². The number of para-hydroxylation sites is 1. The molecule has 5 heteroatoms. The highest BCUT2D eigenvalue weighted by molar-refractivity contribution is 6.17. The topological polar surface area (TPSA) is 62.1 Å². The summed E-state index contributed by atoms with van der Waals surface area (Å²) in [5.74, 6) is 0.739. The van der Waals surface area contributed by atoms with Gasteiger partial charge in [0.2, 0.25) is 0 Å². The summed E-state index contributed by atoms with van der Waals surface area (Å²) in [6, 6.07) is 8.50. The Hall–Kier alpha value is -1.73. The van der Waals surface area contributed by atoms with Gasteiger partial charge in [-0.05, 0) is 18.6 Å². The van der Waals surface area contributed by atoms with Crippen LogP contribution in [-0.2, 0) is 0 Å². The molecule has 0 aliphatic carbocycles. The number of nitrogens with one attached hydrogen (secondary N) is 1. The number of alkyl halides is 1. The molecule has 0 bridgehead atoms. The summed E-state index contributed by atoms with van der Waals surface area (Å²) in [6.07, 6.45) is 0.101. The Morgan fingerprint density at radius 2 is 2.25 bits per heavy atom. The van der Waals surface area contributed by atoms with Crippen LogP contribution in [0.1, 0.15) is 12.0 Å². The average molecular weight is 239 g/mol. The summed E-state index contributed by atoms with van der Waals surface area (Å²) in [5, 5.41) is 11.3. The first kappa shape index (κ1) is 12.3. The predicted molar refractivity (Wildman–Crippen MR) is 60.5 cm³/mol. The van der Waals surface area contributed by atoms with Gasteiger partial charge in [-0.15, -0.1) is 11.6 Å². The Labute approximate surface area is 98.8 Å². The Morgan fingerprint density at radius 1 is 1.50 bits per heavy atom. The molecule has 4 nitrogen and oxygen atoms in total. The van der Waals surface area contributed by atoms with Crippen molar-refractivity contribution in [2.75, 3.05) is 12.4 Å². The van der Waals surface area contributed by atoms with Gasteiger partial charge in [-0.2, -0.15) is 5.26 Å². The number of ether oxygens (including phenoxy) is 1. The van der Waals surface area contributed by atoms with Crippen molar-refractivity contribution in [2.45, 2.75) is 6.42 Å². The van der Waals surface area contributed by atoms with E-state index >= 15 is 0 Å². The van der Waals surface area contributed by atoms with Crippen molar-refractivity contribution in [1.29, 1.82) is 5.26 Å². The molecule has 1 aromatic rings. The van der Waals surface area contributed by atoms with E-state index in [0.717, 1.165) is 0 Å². The monoisotopic (exact) mass is 238 g/mol. The Kier molecular flexibility index (Phi) is 5.17. The molecule has 0 atom stereocenters. The van der Waals surface area contributed by atoms with Crippen LogP contribution >= 0.6 is 11.6 Å². The SMILES string of the molecule is N#Cc1ccccc1OC(=O)NCCCCl. The summed E-state index contributed by atoms with van der Waals surface area (Å²) in [5.41, 5.74) is 0.329. The molecule has 0 aliphatic heterocycles. The van der Waals surface area contributed by atoms with Gasteiger partial charge in [0, 0.05) is 12.4 Å². The Balaban J connectivity index is 2.53. The van der Waals surface area contributed by atoms with Crippen molar-refractivity contribution < 1.29 is 9.53 Å². The molecule has 16 heavy (non-hydrogen) atoms. The van der Waals surface area contributed by atoms with E-state index in [9.17, 15) is 4.79 Å². The molecule has 0 aliphatic rings. The molecule has 1 aromatic carbocycles. The third-order valence-electron chi connectivity index (χ3n) is 1.79. The smallest absolute Gasteiger partial charge is 0.409 e. The van der Waals surface area contributed by atoms with E-state index in [1.807, 2.05) is 6.07 Å². The largest absolute Gasteiger partial charge is 0.412 e. The van der Waals surface area contributed by atoms with Crippen LogP contribution in [0, 0.1) is 11.3 Å². The molecule has 84 valence electrons. The van der Waals surface area contributed by atoms with Crippen LogP contribution < -0.4 is 10.1 Å². The Morgan fingerprint density at radius 3 is 2.94 bits per heavy atom. The number of amides is 1. The van der Waals surface area contributed by atoms with E-state index in [4.69, 9.17) is 21.6 Å². The normalized spacial score (nSPS) is 9.25. The van der Waals surface area contributed by atoms with Crippen LogP contribution in [0.2, 0.25) is 0 Å². The fourth-order valence-electron chi connectivity index (χ4n) is 1.04. The summed E-state index contributed by atoms with van der Waals surface area (Å²) in [7, 11) is 0. The zero-order valence-electron chi connectivity index (χ0n) is 8.57. The van der Waals surface area contributed by atoms with Gasteiger partial charge in [-0.25, -0.2) is 4.79 Å². The van der Waals surface area contributed by atoms with Gasteiger partial charge in [0.15, 0.2) is 5.75 Å². The number of nitrogens with zero attached hydrogens (tertiary/aromatic N) is 1. The molecule has 0 heterocycles. The van der Waals surface area contributed by atoms with Crippen molar-refractivity contribution in [3.63, 3.8) is 0 Å². The molecule has 0 unspecified atom stereocenters. The third kappa shape index (κ3) is 3.79. The van der Waals surface area contributed by atoms with Crippen molar-refractivity contribution in [3.8, 4) is 11.8 Å². The molecule has 0 aromatic heterocycles. The second-order valence-electron chi connectivity index (χ2n) is 2.97. The van der Waals surface area contributed by atoms with Gasteiger partial charge in [-0.1, -0.05) is 12.1 Å². The van der Waals surface area contributed by atoms with E-state index in [-0.39, 0.29) is 5.75 Å². The summed E-state index contributed by atoms with van der Waals surface area (Å²) < 4.78 is 4.97.